The molecule has 1 rings (SSSR count). The molecule has 0 saturated carbocycles. The summed E-state index contributed by atoms with van der Waals surface area (Å²) in [4.78, 5) is 33.8. The summed E-state index contributed by atoms with van der Waals surface area (Å²) >= 11 is 0. The zero-order valence-electron chi connectivity index (χ0n) is 9.14. The van der Waals surface area contributed by atoms with E-state index in [0.717, 1.165) is 0 Å². The van der Waals surface area contributed by atoms with Crippen LogP contribution < -0.4 is 68.9 Å². The van der Waals surface area contributed by atoms with Crippen LogP contribution in [0.25, 0.3) is 0 Å². The van der Waals surface area contributed by atoms with Gasteiger partial charge in [0.2, 0.25) is 0 Å². The van der Waals surface area contributed by atoms with Crippen molar-refractivity contribution in [3.05, 3.63) is 34.4 Å². The number of hydrogen-bond acceptors (Lipinski definition) is 6. The van der Waals surface area contributed by atoms with Crippen LogP contribution in [0.3, 0.4) is 0 Å². The molecule has 0 aliphatic carbocycles. The van der Waals surface area contributed by atoms with Crippen molar-refractivity contribution in [3.8, 4) is 5.75 Å². The molecule has 0 atom stereocenters. The van der Waals surface area contributed by atoms with Gasteiger partial charge < -0.3 is 24.4 Å². The number of nitrogens with zero attached hydrogens (tertiary/aromatic N) is 1. The molecular weight excluding hydrogens is 275 g/mol. The molecule has 1 aromatic carbocycles. The van der Waals surface area contributed by atoms with Gasteiger partial charge in [0.25, 0.3) is 5.69 Å². The summed E-state index contributed by atoms with van der Waals surface area (Å²) in [5.74, 6) is 0.0330. The average molecular weight is 281 g/mol. The molecule has 0 aliphatic heterocycles. The number of phenols is 1. The van der Waals surface area contributed by atoms with Crippen LogP contribution in [0.4, 0.5) is 5.69 Å². The fourth-order valence-electron chi connectivity index (χ4n) is 0.574. The van der Waals surface area contributed by atoms with Crippen LogP contribution >= 0.6 is 7.82 Å². The van der Waals surface area contributed by atoms with Gasteiger partial charge in [-0.05, 0) is 12.1 Å². The molecule has 84 valence electrons. The van der Waals surface area contributed by atoms with Crippen molar-refractivity contribution in [1.29, 1.82) is 0 Å². The molecule has 0 aliphatic rings. The van der Waals surface area contributed by atoms with Gasteiger partial charge in [0.1, 0.15) is 5.75 Å². The predicted molar refractivity (Wildman–Crippen MR) is 44.6 cm³/mol. The first-order valence-corrected chi connectivity index (χ1v) is 4.88. The maximum Gasteiger partial charge on any atom is 1.00 e. The maximum atomic E-state index is 10.0. The molecule has 0 fully saturated rings. The molecule has 0 amide bonds. The summed E-state index contributed by atoms with van der Waals surface area (Å²) in [6, 6.07) is 5.04. The van der Waals surface area contributed by atoms with Crippen molar-refractivity contribution in [2.24, 2.45) is 0 Å². The molecule has 2 N–H and O–H groups in total. The van der Waals surface area contributed by atoms with E-state index in [1.807, 2.05) is 0 Å². The minimum atomic E-state index is -5.14. The number of aromatic hydroxyl groups is 1. The smallest absolute Gasteiger partial charge is 0.790 e. The van der Waals surface area contributed by atoms with E-state index in [-0.39, 0.29) is 70.6 Å². The minimum absolute atomic E-state index is 0. The Labute approximate surface area is 141 Å². The molecule has 0 bridgehead atoms. The zero-order valence-corrected chi connectivity index (χ0v) is 14.0. The number of phenolic OH excluding ortho intramolecular Hbond substituents is 1. The van der Waals surface area contributed by atoms with Gasteiger partial charge in [0, 0.05) is 12.1 Å². The second-order valence-electron chi connectivity index (χ2n) is 2.24. The molecular formula is C6H6NNa2O7P. The summed E-state index contributed by atoms with van der Waals surface area (Å²) < 4.78 is 8.66. The van der Waals surface area contributed by atoms with Crippen LogP contribution in [0.15, 0.2) is 24.3 Å². The van der Waals surface area contributed by atoms with Crippen LogP contribution in [-0.4, -0.2) is 14.9 Å². The van der Waals surface area contributed by atoms with E-state index < -0.39 is 12.7 Å². The first-order chi connectivity index (χ1) is 6.70. The van der Waals surface area contributed by atoms with Gasteiger partial charge in [-0.2, -0.15) is 0 Å². The van der Waals surface area contributed by atoms with Crippen LogP contribution in [0.1, 0.15) is 0 Å². The third-order valence-corrected chi connectivity index (χ3v) is 1.06. The Morgan fingerprint density at radius 1 is 1.12 bits per heavy atom. The molecule has 0 spiro atoms. The topological polar surface area (TPSA) is 147 Å². The van der Waals surface area contributed by atoms with Gasteiger partial charge in [-0.3, -0.25) is 10.1 Å². The molecule has 8 nitrogen and oxygen atoms in total. The second-order valence-corrected chi connectivity index (χ2v) is 3.18. The van der Waals surface area contributed by atoms with Crippen molar-refractivity contribution in [3.63, 3.8) is 0 Å². The van der Waals surface area contributed by atoms with E-state index in [2.05, 4.69) is 0 Å². The number of phosphoric acid groups is 1. The predicted octanol–water partition coefficient (Wildman–Crippen LogP) is -6.88. The molecule has 0 heterocycles. The van der Waals surface area contributed by atoms with Gasteiger partial charge in [-0.25, -0.2) is 0 Å². The molecule has 0 unspecified atom stereocenters. The van der Waals surface area contributed by atoms with Gasteiger partial charge in [-0.15, -0.1) is 0 Å². The number of nitro benzene ring substituents is 1. The molecule has 11 heteroatoms. The van der Waals surface area contributed by atoms with Gasteiger partial charge in [0.05, 0.1) is 12.7 Å². The van der Waals surface area contributed by atoms with Crippen molar-refractivity contribution in [2.45, 2.75) is 0 Å². The first-order valence-electron chi connectivity index (χ1n) is 3.38. The Kier molecular flexibility index (Phi) is 13.9. The number of nitro groups is 1. The van der Waals surface area contributed by atoms with Crippen molar-refractivity contribution in [1.82, 2.24) is 0 Å². The first kappa shape index (κ1) is 22.7. The van der Waals surface area contributed by atoms with Crippen molar-refractivity contribution >= 4 is 13.5 Å². The summed E-state index contributed by atoms with van der Waals surface area (Å²) in [6.45, 7) is 0. The van der Waals surface area contributed by atoms with Crippen molar-refractivity contribution in [2.75, 3.05) is 0 Å². The van der Waals surface area contributed by atoms with E-state index in [4.69, 9.17) is 24.4 Å². The van der Waals surface area contributed by atoms with Gasteiger partial charge in [-0.1, -0.05) is 0 Å². The minimum Gasteiger partial charge on any atom is -0.790 e. The molecule has 1 aromatic rings. The maximum absolute atomic E-state index is 10.0. The third kappa shape index (κ3) is 16.5. The summed E-state index contributed by atoms with van der Waals surface area (Å²) in [6.07, 6.45) is 0. The molecule has 0 saturated heterocycles. The Morgan fingerprint density at radius 3 is 1.65 bits per heavy atom. The Bertz CT molecular complexity index is 370. The zero-order chi connectivity index (χ0) is 12.1. The van der Waals surface area contributed by atoms with Crippen LogP contribution in [0, 0.1) is 10.1 Å². The Balaban J connectivity index is -0.000000247. The van der Waals surface area contributed by atoms with E-state index in [9.17, 15) is 10.1 Å². The van der Waals surface area contributed by atoms with E-state index in [0.29, 0.717) is 0 Å². The normalized spacial score (nSPS) is 8.88. The third-order valence-electron chi connectivity index (χ3n) is 1.06. The molecule has 0 radical (unpaired) electrons. The van der Waals surface area contributed by atoms with Crippen LogP contribution in [0.5, 0.6) is 5.75 Å². The van der Waals surface area contributed by atoms with Gasteiger partial charge in [0.15, 0.2) is 0 Å². The van der Waals surface area contributed by atoms with E-state index in [1.54, 1.807) is 0 Å². The summed E-state index contributed by atoms with van der Waals surface area (Å²) in [5.41, 5.74) is -0.0159. The summed E-state index contributed by atoms with van der Waals surface area (Å²) in [7, 11) is -5.14. The molecule has 0 aromatic heterocycles. The number of hydrogen-bond donors (Lipinski definition) is 2. The van der Waals surface area contributed by atoms with Gasteiger partial charge >= 0.3 is 59.1 Å². The standard InChI is InChI=1S/C6H5NO3.2Na.H3O4P/c8-6-3-1-5(2-4-6)7(9)10;;;1-5(2,3)4/h1-4,8H;;;(H3,1,2,3,4)/q;2*+1;/p-2. The second kappa shape index (κ2) is 10.5. The van der Waals surface area contributed by atoms with E-state index in [1.165, 1.54) is 24.3 Å². The summed E-state index contributed by atoms with van der Waals surface area (Å²) in [5, 5.41) is 18.8. The average Bonchev–Trinajstić information content (AvgIpc) is 2.01. The Morgan fingerprint density at radius 2 is 1.41 bits per heavy atom. The fraction of sp³-hybridized carbons (Fsp3) is 0. The fourth-order valence-corrected chi connectivity index (χ4v) is 0.574. The number of non-ortho nitro benzene ring substituents is 1. The van der Waals surface area contributed by atoms with E-state index >= 15 is 0 Å². The van der Waals surface area contributed by atoms with Crippen molar-refractivity contribution < 1.29 is 88.4 Å². The van der Waals surface area contributed by atoms with Crippen LogP contribution in [0.2, 0.25) is 0 Å². The largest absolute Gasteiger partial charge is 1.00 e. The Hall–Kier alpha value is 0.530. The number of benzene rings is 1. The number of rotatable bonds is 1. The SMILES string of the molecule is O=P([O-])([O-])O.O=[N+]([O-])c1ccc(O)cc1.[Na+].[Na+]. The quantitative estimate of drug-likeness (QED) is 0.225. The van der Waals surface area contributed by atoms with Crippen LogP contribution in [-0.2, 0) is 4.57 Å². The molecule has 17 heavy (non-hydrogen) atoms. The monoisotopic (exact) mass is 281 g/mol.